The van der Waals surface area contributed by atoms with Crippen molar-refractivity contribution in [2.75, 3.05) is 7.11 Å². The zero-order chi connectivity index (χ0) is 13.0. The second-order valence-electron chi connectivity index (χ2n) is 3.87. The average molecular weight is 241 g/mol. The summed E-state index contributed by atoms with van der Waals surface area (Å²) in [6.07, 6.45) is 5.72. The highest BCUT2D eigenvalue weighted by molar-refractivity contribution is 5.49. The minimum atomic E-state index is -0.0478. The van der Waals surface area contributed by atoms with Gasteiger partial charge in [0, 0.05) is 18.0 Å². The fraction of sp³-hybridized carbons (Fsp3) is 0.133. The van der Waals surface area contributed by atoms with Crippen LogP contribution in [0.15, 0.2) is 53.5 Å². The number of pyridine rings is 1. The van der Waals surface area contributed by atoms with Gasteiger partial charge in [-0.1, -0.05) is 12.2 Å². The smallest absolute Gasteiger partial charge is 0.255 e. The second-order valence-corrected chi connectivity index (χ2v) is 3.87. The van der Waals surface area contributed by atoms with Crippen molar-refractivity contribution in [1.82, 2.24) is 4.57 Å². The van der Waals surface area contributed by atoms with Crippen molar-refractivity contribution < 1.29 is 4.74 Å². The molecule has 0 aliphatic heterocycles. The van der Waals surface area contributed by atoms with Crippen LogP contribution in [0.2, 0.25) is 0 Å². The topological polar surface area (TPSA) is 31.2 Å². The lowest BCUT2D eigenvalue weighted by Gasteiger charge is -2.07. The van der Waals surface area contributed by atoms with Gasteiger partial charge >= 0.3 is 0 Å². The number of benzene rings is 1. The molecule has 1 heterocycles. The molecular formula is C15H15NO2. The lowest BCUT2D eigenvalue weighted by molar-refractivity contribution is 0.414. The highest BCUT2D eigenvalue weighted by Crippen LogP contribution is 2.14. The second kappa shape index (κ2) is 5.36. The number of nitrogens with zero attached hydrogens (tertiary/aromatic N) is 1. The zero-order valence-corrected chi connectivity index (χ0v) is 10.5. The summed E-state index contributed by atoms with van der Waals surface area (Å²) in [6, 6.07) is 10.8. The minimum absolute atomic E-state index is 0.0478. The van der Waals surface area contributed by atoms with Crippen LogP contribution in [0.25, 0.3) is 11.8 Å². The Balaban J connectivity index is 2.48. The highest BCUT2D eigenvalue weighted by Gasteiger charge is 2.00. The molecule has 92 valence electrons. The van der Waals surface area contributed by atoms with Gasteiger partial charge in [0.15, 0.2) is 0 Å². The van der Waals surface area contributed by atoms with Gasteiger partial charge in [0.1, 0.15) is 5.75 Å². The molecular weight excluding hydrogens is 226 g/mol. The molecule has 2 aromatic rings. The van der Waals surface area contributed by atoms with Crippen LogP contribution in [-0.4, -0.2) is 11.7 Å². The largest absolute Gasteiger partial charge is 0.497 e. The van der Waals surface area contributed by atoms with E-state index in [1.54, 1.807) is 17.7 Å². The molecule has 0 atom stereocenters. The van der Waals surface area contributed by atoms with Gasteiger partial charge in [-0.05, 0) is 42.8 Å². The molecule has 1 aromatic carbocycles. The van der Waals surface area contributed by atoms with Crippen LogP contribution in [0.4, 0.5) is 0 Å². The Morgan fingerprint density at radius 2 is 1.83 bits per heavy atom. The number of allylic oxidation sites excluding steroid dienone is 1. The van der Waals surface area contributed by atoms with Gasteiger partial charge in [0.05, 0.1) is 7.11 Å². The van der Waals surface area contributed by atoms with E-state index in [4.69, 9.17) is 4.74 Å². The van der Waals surface area contributed by atoms with Gasteiger partial charge in [-0.25, -0.2) is 0 Å². The van der Waals surface area contributed by atoms with Gasteiger partial charge in [0.2, 0.25) is 0 Å². The number of methoxy groups -OCH3 is 1. The molecule has 18 heavy (non-hydrogen) atoms. The first-order valence-corrected chi connectivity index (χ1v) is 5.74. The molecule has 0 N–H and O–H groups in total. The van der Waals surface area contributed by atoms with E-state index >= 15 is 0 Å². The van der Waals surface area contributed by atoms with Gasteiger partial charge in [-0.15, -0.1) is 0 Å². The first-order chi connectivity index (χ1) is 8.74. The summed E-state index contributed by atoms with van der Waals surface area (Å²) in [7, 11) is 1.62. The van der Waals surface area contributed by atoms with Gasteiger partial charge in [0.25, 0.3) is 5.56 Å². The molecule has 0 saturated carbocycles. The first kappa shape index (κ1) is 12.2. The summed E-state index contributed by atoms with van der Waals surface area (Å²) < 4.78 is 6.72. The maximum atomic E-state index is 11.8. The third-order valence-electron chi connectivity index (χ3n) is 2.64. The van der Waals surface area contributed by atoms with Crippen LogP contribution in [0, 0.1) is 0 Å². The molecule has 0 spiro atoms. The lowest BCUT2D eigenvalue weighted by Crippen LogP contribution is -2.16. The van der Waals surface area contributed by atoms with Crippen molar-refractivity contribution in [3.63, 3.8) is 0 Å². The number of rotatable bonds is 3. The van der Waals surface area contributed by atoms with E-state index in [-0.39, 0.29) is 5.56 Å². The molecule has 3 nitrogen and oxygen atoms in total. The average Bonchev–Trinajstić information content (AvgIpc) is 2.41. The van der Waals surface area contributed by atoms with E-state index in [0.717, 1.165) is 17.0 Å². The van der Waals surface area contributed by atoms with Crippen molar-refractivity contribution in [2.24, 2.45) is 0 Å². The van der Waals surface area contributed by atoms with Crippen LogP contribution < -0.4 is 10.3 Å². The van der Waals surface area contributed by atoms with E-state index in [2.05, 4.69) is 0 Å². The molecule has 0 aliphatic carbocycles. The van der Waals surface area contributed by atoms with Crippen molar-refractivity contribution >= 4 is 6.08 Å². The van der Waals surface area contributed by atoms with E-state index in [9.17, 15) is 4.79 Å². The molecule has 0 radical (unpaired) electrons. The molecule has 0 aliphatic rings. The lowest BCUT2D eigenvalue weighted by atomic mass is 10.2. The Bertz CT molecular complexity index is 609. The van der Waals surface area contributed by atoms with E-state index in [1.165, 1.54) is 0 Å². The Labute approximate surface area is 106 Å². The Hall–Kier alpha value is -2.29. The Morgan fingerprint density at radius 1 is 1.11 bits per heavy atom. The minimum Gasteiger partial charge on any atom is -0.497 e. The van der Waals surface area contributed by atoms with Gasteiger partial charge in [-0.3, -0.25) is 9.36 Å². The summed E-state index contributed by atoms with van der Waals surface area (Å²) >= 11 is 0. The van der Waals surface area contributed by atoms with E-state index in [0.29, 0.717) is 0 Å². The third-order valence-corrected chi connectivity index (χ3v) is 2.64. The summed E-state index contributed by atoms with van der Waals surface area (Å²) in [4.78, 5) is 11.8. The quantitative estimate of drug-likeness (QED) is 0.827. The maximum Gasteiger partial charge on any atom is 0.255 e. The molecule has 0 saturated heterocycles. The highest BCUT2D eigenvalue weighted by atomic mass is 16.5. The molecule has 2 rings (SSSR count). The zero-order valence-electron chi connectivity index (χ0n) is 10.5. The van der Waals surface area contributed by atoms with Gasteiger partial charge < -0.3 is 4.74 Å². The molecule has 1 aromatic heterocycles. The fourth-order valence-electron chi connectivity index (χ4n) is 1.74. The van der Waals surface area contributed by atoms with Crippen molar-refractivity contribution in [3.05, 3.63) is 64.6 Å². The maximum absolute atomic E-state index is 11.8. The van der Waals surface area contributed by atoms with Crippen molar-refractivity contribution in [3.8, 4) is 11.4 Å². The van der Waals surface area contributed by atoms with Crippen LogP contribution in [0.1, 0.15) is 12.5 Å². The Kier molecular flexibility index (Phi) is 3.63. The van der Waals surface area contributed by atoms with Crippen molar-refractivity contribution in [1.29, 1.82) is 0 Å². The predicted octanol–water partition coefficient (Wildman–Crippen LogP) is 2.88. The standard InChI is InChI=1S/C15H15NO2/c1-3-4-12-5-10-15(17)16(11-12)13-6-8-14(18-2)9-7-13/h3-11H,1-2H3. The van der Waals surface area contributed by atoms with Crippen LogP contribution in [0.3, 0.4) is 0 Å². The number of ether oxygens (including phenoxy) is 1. The molecule has 0 unspecified atom stereocenters. The molecule has 3 heteroatoms. The number of hydrogen-bond donors (Lipinski definition) is 0. The first-order valence-electron chi connectivity index (χ1n) is 5.74. The number of aromatic nitrogens is 1. The summed E-state index contributed by atoms with van der Waals surface area (Å²) in [5, 5.41) is 0. The molecule has 0 amide bonds. The summed E-state index contributed by atoms with van der Waals surface area (Å²) in [5.41, 5.74) is 1.77. The van der Waals surface area contributed by atoms with Crippen LogP contribution in [0.5, 0.6) is 5.75 Å². The van der Waals surface area contributed by atoms with Crippen LogP contribution >= 0.6 is 0 Å². The normalized spacial score (nSPS) is 10.8. The molecule has 0 fully saturated rings. The monoisotopic (exact) mass is 241 g/mol. The fourth-order valence-corrected chi connectivity index (χ4v) is 1.74. The molecule has 0 bridgehead atoms. The van der Waals surface area contributed by atoms with Gasteiger partial charge in [-0.2, -0.15) is 0 Å². The summed E-state index contributed by atoms with van der Waals surface area (Å²) in [5.74, 6) is 0.774. The SMILES string of the molecule is CC=Cc1ccc(=O)n(-c2ccc(OC)cc2)c1. The van der Waals surface area contributed by atoms with E-state index < -0.39 is 0 Å². The third kappa shape index (κ3) is 2.51. The Morgan fingerprint density at radius 3 is 2.44 bits per heavy atom. The van der Waals surface area contributed by atoms with Crippen molar-refractivity contribution in [2.45, 2.75) is 6.92 Å². The summed E-state index contributed by atoms with van der Waals surface area (Å²) in [6.45, 7) is 1.95. The van der Waals surface area contributed by atoms with Crippen LogP contribution in [-0.2, 0) is 0 Å². The number of hydrogen-bond acceptors (Lipinski definition) is 2. The van der Waals surface area contributed by atoms with E-state index in [1.807, 2.05) is 55.6 Å². The predicted molar refractivity (Wildman–Crippen MR) is 73.3 cm³/mol.